The minimum atomic E-state index is -0.291. The summed E-state index contributed by atoms with van der Waals surface area (Å²) < 4.78 is 10.1. The van der Waals surface area contributed by atoms with Crippen LogP contribution in [0.3, 0.4) is 0 Å². The van der Waals surface area contributed by atoms with Gasteiger partial charge in [0.2, 0.25) is 0 Å². The van der Waals surface area contributed by atoms with Crippen LogP contribution in [0.5, 0.6) is 0 Å². The summed E-state index contributed by atoms with van der Waals surface area (Å²) in [7, 11) is 1.38. The van der Waals surface area contributed by atoms with Gasteiger partial charge in [0.25, 0.3) is 0 Å². The lowest BCUT2D eigenvalue weighted by Gasteiger charge is -2.05. The van der Waals surface area contributed by atoms with Crippen LogP contribution in [0.1, 0.15) is 19.8 Å². The molecule has 0 spiro atoms. The summed E-state index contributed by atoms with van der Waals surface area (Å²) in [6.45, 7) is 5.58. The van der Waals surface area contributed by atoms with E-state index in [1.807, 2.05) is 6.92 Å². The molecule has 3 heteroatoms. The van der Waals surface area contributed by atoms with Crippen LogP contribution in [0, 0.1) is 0 Å². The number of carbonyl (C=O) groups excluding carboxylic acids is 1. The molecule has 1 atom stereocenters. The molecule has 1 aliphatic heterocycles. The molecule has 1 aliphatic rings. The monoisotopic (exact) mass is 182 g/mol. The zero-order chi connectivity index (χ0) is 9.84. The number of hydrogen-bond acceptors (Lipinski definition) is 3. The highest BCUT2D eigenvalue weighted by Gasteiger charge is 2.27. The maximum absolute atomic E-state index is 11.3. The Morgan fingerprint density at radius 3 is 3.00 bits per heavy atom. The molecule has 1 unspecified atom stereocenters. The topological polar surface area (TPSA) is 35.5 Å². The van der Waals surface area contributed by atoms with E-state index in [1.165, 1.54) is 7.11 Å². The van der Waals surface area contributed by atoms with Gasteiger partial charge in [-0.25, -0.2) is 4.79 Å². The summed E-state index contributed by atoms with van der Waals surface area (Å²) in [5.41, 5.74) is 0.648. The molecular weight excluding hydrogens is 168 g/mol. The lowest BCUT2D eigenvalue weighted by molar-refractivity contribution is -0.136. The van der Waals surface area contributed by atoms with Crippen LogP contribution < -0.4 is 0 Å². The average Bonchev–Trinajstić information content (AvgIpc) is 2.59. The molecular formula is C10H14O3. The first-order valence-electron chi connectivity index (χ1n) is 4.32. The van der Waals surface area contributed by atoms with E-state index in [-0.39, 0.29) is 12.1 Å². The summed E-state index contributed by atoms with van der Waals surface area (Å²) in [5, 5.41) is 0. The van der Waals surface area contributed by atoms with Crippen molar-refractivity contribution in [3.63, 3.8) is 0 Å². The van der Waals surface area contributed by atoms with E-state index in [4.69, 9.17) is 4.74 Å². The molecule has 0 bridgehead atoms. The first-order chi connectivity index (χ1) is 6.22. The number of esters is 1. The Morgan fingerprint density at radius 2 is 2.54 bits per heavy atom. The molecule has 1 rings (SSSR count). The predicted octanol–water partition coefficient (Wildman–Crippen LogP) is 1.80. The lowest BCUT2D eigenvalue weighted by atomic mass is 10.1. The summed E-state index contributed by atoms with van der Waals surface area (Å²) in [6, 6.07) is 0. The highest BCUT2D eigenvalue weighted by atomic mass is 16.5. The van der Waals surface area contributed by atoms with Crippen molar-refractivity contribution < 1.29 is 14.3 Å². The summed E-state index contributed by atoms with van der Waals surface area (Å²) in [6.07, 6.45) is 2.93. The van der Waals surface area contributed by atoms with Gasteiger partial charge in [0, 0.05) is 12.8 Å². The van der Waals surface area contributed by atoms with Gasteiger partial charge in [0.15, 0.2) is 0 Å². The van der Waals surface area contributed by atoms with Crippen molar-refractivity contribution in [1.29, 1.82) is 0 Å². The fourth-order valence-electron chi connectivity index (χ4n) is 1.36. The average molecular weight is 182 g/mol. The van der Waals surface area contributed by atoms with Gasteiger partial charge in [-0.1, -0.05) is 19.6 Å². The third-order valence-corrected chi connectivity index (χ3v) is 2.05. The van der Waals surface area contributed by atoms with E-state index < -0.39 is 0 Å². The molecule has 72 valence electrons. The molecule has 0 amide bonds. The molecule has 0 N–H and O–H groups in total. The molecule has 0 radical (unpaired) electrons. The quantitative estimate of drug-likeness (QED) is 0.493. The first-order valence-corrected chi connectivity index (χ1v) is 4.32. The Labute approximate surface area is 78.0 Å². The van der Waals surface area contributed by atoms with Crippen LogP contribution in [0.25, 0.3) is 0 Å². The molecule has 0 aromatic carbocycles. The molecule has 13 heavy (non-hydrogen) atoms. The summed E-state index contributed by atoms with van der Waals surface area (Å²) in [5.74, 6) is 0.443. The summed E-state index contributed by atoms with van der Waals surface area (Å²) in [4.78, 5) is 11.3. The van der Waals surface area contributed by atoms with E-state index >= 15 is 0 Å². The van der Waals surface area contributed by atoms with Crippen molar-refractivity contribution >= 4 is 5.97 Å². The van der Waals surface area contributed by atoms with Gasteiger partial charge in [-0.15, -0.1) is 0 Å². The number of ether oxygens (including phenoxy) is 2. The van der Waals surface area contributed by atoms with Gasteiger partial charge in [0.05, 0.1) is 12.7 Å². The van der Waals surface area contributed by atoms with Gasteiger partial charge in [0.1, 0.15) is 11.9 Å². The van der Waals surface area contributed by atoms with Crippen molar-refractivity contribution in [3.8, 4) is 0 Å². The maximum Gasteiger partial charge on any atom is 0.337 e. The van der Waals surface area contributed by atoms with Gasteiger partial charge in [-0.3, -0.25) is 0 Å². The summed E-state index contributed by atoms with van der Waals surface area (Å²) >= 11 is 0. The number of rotatable bonds is 3. The Bertz CT molecular complexity index is 253. The van der Waals surface area contributed by atoms with E-state index in [2.05, 4.69) is 11.3 Å². The molecule has 0 saturated carbocycles. The second kappa shape index (κ2) is 4.12. The van der Waals surface area contributed by atoms with Crippen molar-refractivity contribution in [2.45, 2.75) is 25.9 Å². The lowest BCUT2D eigenvalue weighted by Crippen LogP contribution is -2.06. The Balaban J connectivity index is 2.79. The van der Waals surface area contributed by atoms with Crippen LogP contribution in [0.4, 0.5) is 0 Å². The van der Waals surface area contributed by atoms with Gasteiger partial charge in [-0.2, -0.15) is 0 Å². The van der Waals surface area contributed by atoms with Crippen LogP contribution >= 0.6 is 0 Å². The van der Waals surface area contributed by atoms with Crippen LogP contribution in [0.2, 0.25) is 0 Å². The van der Waals surface area contributed by atoms with Crippen molar-refractivity contribution in [1.82, 2.24) is 0 Å². The highest BCUT2D eigenvalue weighted by molar-refractivity contribution is 5.89. The molecule has 0 saturated heterocycles. The van der Waals surface area contributed by atoms with Crippen molar-refractivity contribution in [3.05, 3.63) is 24.0 Å². The molecule has 0 aliphatic carbocycles. The van der Waals surface area contributed by atoms with E-state index in [1.54, 1.807) is 6.08 Å². The predicted molar refractivity (Wildman–Crippen MR) is 49.0 cm³/mol. The van der Waals surface area contributed by atoms with Gasteiger partial charge in [-0.05, 0) is 0 Å². The van der Waals surface area contributed by atoms with Crippen LogP contribution in [-0.2, 0) is 14.3 Å². The minimum absolute atomic E-state index is 0.0657. The van der Waals surface area contributed by atoms with Crippen LogP contribution in [-0.4, -0.2) is 19.2 Å². The van der Waals surface area contributed by atoms with Gasteiger partial charge >= 0.3 is 5.97 Å². The largest absolute Gasteiger partial charge is 0.490 e. The Hall–Kier alpha value is -1.25. The zero-order valence-corrected chi connectivity index (χ0v) is 8.00. The second-order valence-electron chi connectivity index (χ2n) is 2.84. The van der Waals surface area contributed by atoms with Crippen LogP contribution in [0.15, 0.2) is 24.0 Å². The third kappa shape index (κ3) is 1.91. The number of hydrogen-bond donors (Lipinski definition) is 0. The number of allylic oxidation sites excluding steroid dienone is 1. The maximum atomic E-state index is 11.3. The smallest absolute Gasteiger partial charge is 0.337 e. The Morgan fingerprint density at radius 1 is 1.85 bits per heavy atom. The molecule has 0 aromatic rings. The van der Waals surface area contributed by atoms with Crippen molar-refractivity contribution in [2.75, 3.05) is 7.11 Å². The number of methoxy groups -OCH3 is 1. The fraction of sp³-hybridized carbons (Fsp3) is 0.500. The van der Waals surface area contributed by atoms with E-state index in [9.17, 15) is 4.79 Å². The van der Waals surface area contributed by atoms with Crippen molar-refractivity contribution in [2.24, 2.45) is 0 Å². The minimum Gasteiger partial charge on any atom is -0.490 e. The molecule has 0 aromatic heterocycles. The fourth-order valence-corrected chi connectivity index (χ4v) is 1.36. The number of carbonyl (C=O) groups is 1. The molecule has 1 heterocycles. The second-order valence-corrected chi connectivity index (χ2v) is 2.84. The molecule has 0 fully saturated rings. The van der Waals surface area contributed by atoms with Gasteiger partial charge < -0.3 is 9.47 Å². The van der Waals surface area contributed by atoms with E-state index in [0.717, 1.165) is 12.2 Å². The standard InChI is InChI=1S/C10H14O3/c1-4-7-6-8(10(11)12-3)9(5-2)13-7/h4,7H,1,5-6H2,2-3H3. The molecule has 3 nitrogen and oxygen atoms in total. The SMILES string of the molecule is C=CC1CC(C(=O)OC)=C(CC)O1. The highest BCUT2D eigenvalue weighted by Crippen LogP contribution is 2.28. The third-order valence-electron chi connectivity index (χ3n) is 2.05. The first kappa shape index (κ1) is 9.84. The van der Waals surface area contributed by atoms with E-state index in [0.29, 0.717) is 12.0 Å². The Kier molecular flexibility index (Phi) is 3.12. The zero-order valence-electron chi connectivity index (χ0n) is 8.00. The normalized spacial score (nSPS) is 21.2.